The minimum Gasteiger partial charge on any atom is -0.493 e. The normalized spacial score (nSPS) is 24.4. The van der Waals surface area contributed by atoms with Crippen molar-refractivity contribution in [1.29, 1.82) is 0 Å². The van der Waals surface area contributed by atoms with E-state index in [0.717, 1.165) is 24.8 Å². The van der Waals surface area contributed by atoms with Crippen LogP contribution in [0.4, 0.5) is 0 Å². The molecule has 0 spiro atoms. The van der Waals surface area contributed by atoms with E-state index in [9.17, 15) is 0 Å². The second-order valence-electron chi connectivity index (χ2n) is 4.67. The summed E-state index contributed by atoms with van der Waals surface area (Å²) in [5, 5.41) is 3.73. The van der Waals surface area contributed by atoms with E-state index in [0.29, 0.717) is 6.04 Å². The molecule has 1 atom stereocenters. The van der Waals surface area contributed by atoms with Gasteiger partial charge in [-0.25, -0.2) is 0 Å². The van der Waals surface area contributed by atoms with Gasteiger partial charge in [0, 0.05) is 21.2 Å². The molecule has 0 saturated heterocycles. The molecule has 16 heavy (non-hydrogen) atoms. The predicted molar refractivity (Wildman–Crippen MR) is 72.8 cm³/mol. The quantitative estimate of drug-likeness (QED) is 0.841. The number of ether oxygens (including phenoxy) is 1. The van der Waals surface area contributed by atoms with Crippen LogP contribution in [-0.2, 0) is 0 Å². The summed E-state index contributed by atoms with van der Waals surface area (Å²) in [5.41, 5.74) is 1.36. The van der Waals surface area contributed by atoms with Crippen molar-refractivity contribution in [3.05, 3.63) is 27.3 Å². The summed E-state index contributed by atoms with van der Waals surface area (Å²) in [6.45, 7) is 0.858. The summed E-state index contributed by atoms with van der Waals surface area (Å²) in [5.74, 6) is 1.08. The molecule has 1 aromatic carbocycles. The molecule has 3 rings (SSSR count). The van der Waals surface area contributed by atoms with Gasteiger partial charge in [-0.15, -0.1) is 0 Å². The molecule has 1 fully saturated rings. The fraction of sp³-hybridized carbons (Fsp3) is 0.538. The van der Waals surface area contributed by atoms with Crippen LogP contribution >= 0.6 is 22.6 Å². The third kappa shape index (κ3) is 2.35. The van der Waals surface area contributed by atoms with Gasteiger partial charge in [-0.05, 0) is 66.5 Å². The van der Waals surface area contributed by atoms with E-state index in [4.69, 9.17) is 4.74 Å². The van der Waals surface area contributed by atoms with Crippen molar-refractivity contribution in [3.8, 4) is 5.75 Å². The number of hydrogen-bond donors (Lipinski definition) is 1. The van der Waals surface area contributed by atoms with Gasteiger partial charge in [0.1, 0.15) is 5.75 Å². The van der Waals surface area contributed by atoms with Crippen LogP contribution in [0.5, 0.6) is 5.75 Å². The van der Waals surface area contributed by atoms with Gasteiger partial charge in [-0.3, -0.25) is 0 Å². The Labute approximate surface area is 110 Å². The molecule has 0 amide bonds. The Bertz CT molecular complexity index is 390. The van der Waals surface area contributed by atoms with E-state index in [-0.39, 0.29) is 0 Å². The fourth-order valence-electron chi connectivity index (χ4n) is 2.26. The highest BCUT2D eigenvalue weighted by Gasteiger charge is 2.27. The van der Waals surface area contributed by atoms with Crippen LogP contribution < -0.4 is 10.1 Å². The molecule has 2 aliphatic rings. The molecule has 1 saturated carbocycles. The van der Waals surface area contributed by atoms with E-state index < -0.39 is 0 Å². The maximum atomic E-state index is 5.79. The summed E-state index contributed by atoms with van der Waals surface area (Å²) in [6, 6.07) is 7.76. The van der Waals surface area contributed by atoms with E-state index in [2.05, 4.69) is 46.1 Å². The molecule has 2 nitrogen and oxygen atoms in total. The van der Waals surface area contributed by atoms with Crippen LogP contribution in [0.3, 0.4) is 0 Å². The zero-order valence-electron chi connectivity index (χ0n) is 9.21. The molecule has 1 N–H and O–H groups in total. The van der Waals surface area contributed by atoms with Crippen LogP contribution in [0, 0.1) is 3.57 Å². The predicted octanol–water partition coefficient (Wildman–Crippen LogP) is 3.26. The maximum Gasteiger partial charge on any atom is 0.124 e. The summed E-state index contributed by atoms with van der Waals surface area (Å²) < 4.78 is 7.09. The van der Waals surface area contributed by atoms with Gasteiger partial charge in [0.2, 0.25) is 0 Å². The van der Waals surface area contributed by atoms with Crippen molar-refractivity contribution in [2.45, 2.75) is 37.8 Å². The van der Waals surface area contributed by atoms with Crippen molar-refractivity contribution in [2.24, 2.45) is 0 Å². The lowest BCUT2D eigenvalue weighted by atomic mass is 10.0. The van der Waals surface area contributed by atoms with Crippen molar-refractivity contribution in [2.75, 3.05) is 6.61 Å². The third-order valence-corrected chi connectivity index (χ3v) is 3.93. The first-order valence-electron chi connectivity index (χ1n) is 6.01. The van der Waals surface area contributed by atoms with E-state index in [1.165, 1.54) is 28.4 Å². The van der Waals surface area contributed by atoms with Crippen molar-refractivity contribution < 1.29 is 4.74 Å². The second-order valence-corrected chi connectivity index (χ2v) is 5.91. The minimum atomic E-state index is 0.500. The number of rotatable bonds is 2. The van der Waals surface area contributed by atoms with Gasteiger partial charge in [-0.1, -0.05) is 0 Å². The Balaban J connectivity index is 1.90. The van der Waals surface area contributed by atoms with Gasteiger partial charge in [0.15, 0.2) is 0 Å². The first-order chi connectivity index (χ1) is 7.83. The first kappa shape index (κ1) is 10.8. The lowest BCUT2D eigenvalue weighted by Crippen LogP contribution is -2.23. The topological polar surface area (TPSA) is 21.3 Å². The molecular formula is C13H16INO. The minimum absolute atomic E-state index is 0.500. The Morgan fingerprint density at radius 2 is 2.12 bits per heavy atom. The molecule has 1 aliphatic carbocycles. The molecule has 1 unspecified atom stereocenters. The highest BCUT2D eigenvalue weighted by molar-refractivity contribution is 14.1. The molecule has 0 bridgehead atoms. The van der Waals surface area contributed by atoms with Crippen LogP contribution in [0.25, 0.3) is 0 Å². The average Bonchev–Trinajstić information content (AvgIpc) is 3.08. The highest BCUT2D eigenvalue weighted by Crippen LogP contribution is 2.35. The number of halogens is 1. The Morgan fingerprint density at radius 1 is 1.25 bits per heavy atom. The van der Waals surface area contributed by atoms with Crippen LogP contribution in [0.2, 0.25) is 0 Å². The lowest BCUT2D eigenvalue weighted by Gasteiger charge is -2.18. The number of nitrogens with one attached hydrogen (secondary N) is 1. The van der Waals surface area contributed by atoms with E-state index in [1.807, 2.05) is 0 Å². The van der Waals surface area contributed by atoms with Gasteiger partial charge < -0.3 is 10.1 Å². The molecule has 0 radical (unpaired) electrons. The number of hydrogen-bond acceptors (Lipinski definition) is 2. The van der Waals surface area contributed by atoms with Crippen molar-refractivity contribution in [1.82, 2.24) is 5.32 Å². The highest BCUT2D eigenvalue weighted by atomic mass is 127. The molecule has 1 aliphatic heterocycles. The molecular weight excluding hydrogens is 313 g/mol. The van der Waals surface area contributed by atoms with Gasteiger partial charge >= 0.3 is 0 Å². The monoisotopic (exact) mass is 329 g/mol. The fourth-order valence-corrected chi connectivity index (χ4v) is 2.77. The smallest absolute Gasteiger partial charge is 0.124 e. The summed E-state index contributed by atoms with van der Waals surface area (Å²) in [7, 11) is 0. The average molecular weight is 329 g/mol. The van der Waals surface area contributed by atoms with Crippen LogP contribution in [0.15, 0.2) is 18.2 Å². The maximum absolute atomic E-state index is 5.79. The molecule has 0 aromatic heterocycles. The lowest BCUT2D eigenvalue weighted by molar-refractivity contribution is 0.315. The SMILES string of the molecule is Ic1ccc2c(c1)C(NC1CC1)CCCO2. The second kappa shape index (κ2) is 4.53. The molecule has 86 valence electrons. The number of benzene rings is 1. The van der Waals surface area contributed by atoms with Crippen LogP contribution in [-0.4, -0.2) is 12.6 Å². The zero-order chi connectivity index (χ0) is 11.0. The third-order valence-electron chi connectivity index (χ3n) is 3.26. The first-order valence-corrected chi connectivity index (χ1v) is 7.09. The molecule has 1 aromatic rings. The summed E-state index contributed by atoms with van der Waals surface area (Å²) in [6.07, 6.45) is 5.03. The van der Waals surface area contributed by atoms with Crippen LogP contribution in [0.1, 0.15) is 37.3 Å². The summed E-state index contributed by atoms with van der Waals surface area (Å²) >= 11 is 2.37. The number of fused-ring (bicyclic) bond motifs is 1. The molecule has 3 heteroatoms. The van der Waals surface area contributed by atoms with Crippen molar-refractivity contribution >= 4 is 22.6 Å². The Kier molecular flexibility index (Phi) is 3.07. The van der Waals surface area contributed by atoms with Crippen molar-refractivity contribution in [3.63, 3.8) is 0 Å². The largest absolute Gasteiger partial charge is 0.493 e. The van der Waals surface area contributed by atoms with E-state index >= 15 is 0 Å². The Morgan fingerprint density at radius 3 is 2.94 bits per heavy atom. The van der Waals surface area contributed by atoms with Gasteiger partial charge in [0.25, 0.3) is 0 Å². The molecule has 1 heterocycles. The Hall–Kier alpha value is -0.290. The zero-order valence-corrected chi connectivity index (χ0v) is 11.4. The van der Waals surface area contributed by atoms with Gasteiger partial charge in [-0.2, -0.15) is 0 Å². The van der Waals surface area contributed by atoms with E-state index in [1.54, 1.807) is 0 Å². The standard InChI is InChI=1S/C13H16INO/c14-9-3-6-13-11(8-9)12(2-1-7-16-13)15-10-4-5-10/h3,6,8,10,12,15H,1-2,4-5,7H2. The summed E-state index contributed by atoms with van der Waals surface area (Å²) in [4.78, 5) is 0. The van der Waals surface area contributed by atoms with Gasteiger partial charge in [0.05, 0.1) is 6.61 Å².